The molecule has 5 heteroatoms. The highest BCUT2D eigenvalue weighted by Gasteiger charge is 2.03. The van der Waals surface area contributed by atoms with Crippen molar-refractivity contribution in [3.8, 4) is 0 Å². The van der Waals surface area contributed by atoms with Crippen LogP contribution in [0.25, 0.3) is 0 Å². The van der Waals surface area contributed by atoms with E-state index in [1.165, 1.54) is 0 Å². The quantitative estimate of drug-likeness (QED) is 0.862. The van der Waals surface area contributed by atoms with Gasteiger partial charge in [0.15, 0.2) is 0 Å². The summed E-state index contributed by atoms with van der Waals surface area (Å²) in [6.07, 6.45) is 0. The average Bonchev–Trinajstić information content (AvgIpc) is 2.12. The van der Waals surface area contributed by atoms with E-state index < -0.39 is 0 Å². The Labute approximate surface area is 101 Å². The molecule has 0 aliphatic rings. The molecule has 1 rings (SSSR count). The van der Waals surface area contributed by atoms with Crippen LogP contribution >= 0.6 is 24.0 Å². The number of carbonyl (C=O) groups excluding carboxylic acids is 1. The molecule has 0 saturated heterocycles. The smallest absolute Gasteiger partial charge is 0.238 e. The second-order valence-electron chi connectivity index (χ2n) is 3.04. The Bertz CT molecular complexity index is 342. The fourth-order valence-corrected chi connectivity index (χ4v) is 1.26. The molecule has 1 aromatic rings. The third-order valence-electron chi connectivity index (χ3n) is 1.81. The van der Waals surface area contributed by atoms with Gasteiger partial charge in [0.05, 0.1) is 6.54 Å². The van der Waals surface area contributed by atoms with Gasteiger partial charge in [-0.2, -0.15) is 0 Å². The summed E-state index contributed by atoms with van der Waals surface area (Å²) >= 11 is 5.81. The van der Waals surface area contributed by atoms with Crippen LogP contribution in [0.1, 0.15) is 5.56 Å². The maximum absolute atomic E-state index is 11.3. The third-order valence-corrected chi connectivity index (χ3v) is 2.05. The fraction of sp³-hybridized carbons (Fsp3) is 0.300. The Morgan fingerprint density at radius 2 is 2.13 bits per heavy atom. The number of anilines is 1. The minimum Gasteiger partial charge on any atom is -0.325 e. The molecule has 0 bridgehead atoms. The van der Waals surface area contributed by atoms with Crippen molar-refractivity contribution >= 4 is 35.6 Å². The van der Waals surface area contributed by atoms with Gasteiger partial charge >= 0.3 is 0 Å². The Morgan fingerprint density at radius 1 is 1.47 bits per heavy atom. The van der Waals surface area contributed by atoms with Crippen LogP contribution in [0.2, 0.25) is 5.02 Å². The normalized spacial score (nSPS) is 9.27. The summed E-state index contributed by atoms with van der Waals surface area (Å²) in [5.74, 6) is -0.0714. The molecule has 1 amide bonds. The summed E-state index contributed by atoms with van der Waals surface area (Å²) in [4.78, 5) is 11.3. The minimum absolute atomic E-state index is 0. The highest BCUT2D eigenvalue weighted by molar-refractivity contribution is 6.31. The minimum atomic E-state index is -0.0714. The molecule has 84 valence electrons. The lowest BCUT2D eigenvalue weighted by atomic mass is 10.2. The lowest BCUT2D eigenvalue weighted by Crippen LogP contribution is -2.25. The van der Waals surface area contributed by atoms with E-state index in [1.807, 2.05) is 13.0 Å². The van der Waals surface area contributed by atoms with Crippen molar-refractivity contribution < 1.29 is 4.79 Å². The first-order chi connectivity index (χ1) is 6.63. The van der Waals surface area contributed by atoms with Crippen molar-refractivity contribution in [2.45, 2.75) is 6.92 Å². The van der Waals surface area contributed by atoms with Crippen molar-refractivity contribution in [2.24, 2.45) is 0 Å². The highest BCUT2D eigenvalue weighted by atomic mass is 35.5. The number of aryl methyl sites for hydroxylation is 1. The Kier molecular flexibility index (Phi) is 6.32. The van der Waals surface area contributed by atoms with Gasteiger partial charge in [-0.3, -0.25) is 4.79 Å². The number of likely N-dealkylation sites (N-methyl/N-ethyl adjacent to an activating group) is 1. The molecule has 0 fully saturated rings. The first-order valence-corrected chi connectivity index (χ1v) is 4.72. The molecular formula is C10H14Cl2N2O. The van der Waals surface area contributed by atoms with Crippen LogP contribution in [0.4, 0.5) is 5.69 Å². The lowest BCUT2D eigenvalue weighted by molar-refractivity contribution is -0.115. The lowest BCUT2D eigenvalue weighted by Gasteiger charge is -2.08. The van der Waals surface area contributed by atoms with E-state index in [1.54, 1.807) is 19.2 Å². The maximum Gasteiger partial charge on any atom is 0.238 e. The molecule has 0 saturated carbocycles. The zero-order chi connectivity index (χ0) is 10.6. The maximum atomic E-state index is 11.3. The van der Waals surface area contributed by atoms with Crippen molar-refractivity contribution in [1.82, 2.24) is 5.32 Å². The van der Waals surface area contributed by atoms with Crippen LogP contribution in [0.5, 0.6) is 0 Å². The SMILES string of the molecule is CNCC(=O)Nc1cc(Cl)ccc1C.Cl. The van der Waals surface area contributed by atoms with E-state index in [0.29, 0.717) is 11.6 Å². The van der Waals surface area contributed by atoms with Crippen LogP contribution < -0.4 is 10.6 Å². The summed E-state index contributed by atoms with van der Waals surface area (Å²) in [6, 6.07) is 5.41. The van der Waals surface area contributed by atoms with Gasteiger partial charge in [-0.05, 0) is 31.7 Å². The van der Waals surface area contributed by atoms with E-state index >= 15 is 0 Å². The molecule has 3 nitrogen and oxygen atoms in total. The molecule has 2 N–H and O–H groups in total. The molecule has 0 spiro atoms. The zero-order valence-electron chi connectivity index (χ0n) is 8.63. The number of nitrogens with one attached hydrogen (secondary N) is 2. The molecule has 0 unspecified atom stereocenters. The second kappa shape index (κ2) is 6.67. The molecule has 0 radical (unpaired) electrons. The second-order valence-corrected chi connectivity index (χ2v) is 3.47. The van der Waals surface area contributed by atoms with Crippen LogP contribution in [0.15, 0.2) is 18.2 Å². The molecule has 0 heterocycles. The molecule has 15 heavy (non-hydrogen) atoms. The molecule has 1 aromatic carbocycles. The van der Waals surface area contributed by atoms with E-state index in [4.69, 9.17) is 11.6 Å². The summed E-state index contributed by atoms with van der Waals surface area (Å²) in [6.45, 7) is 2.22. The van der Waals surface area contributed by atoms with Gasteiger partial charge in [-0.15, -0.1) is 12.4 Å². The summed E-state index contributed by atoms with van der Waals surface area (Å²) in [7, 11) is 1.73. The van der Waals surface area contributed by atoms with Gasteiger partial charge in [0, 0.05) is 10.7 Å². The van der Waals surface area contributed by atoms with Crippen molar-refractivity contribution in [3.05, 3.63) is 28.8 Å². The van der Waals surface area contributed by atoms with Gasteiger partial charge in [-0.25, -0.2) is 0 Å². The van der Waals surface area contributed by atoms with Crippen LogP contribution in [0, 0.1) is 6.92 Å². The van der Waals surface area contributed by atoms with Crippen molar-refractivity contribution in [3.63, 3.8) is 0 Å². The van der Waals surface area contributed by atoms with Gasteiger partial charge < -0.3 is 10.6 Å². The van der Waals surface area contributed by atoms with Gasteiger partial charge in [0.25, 0.3) is 0 Å². The average molecular weight is 249 g/mol. The number of hydrogen-bond donors (Lipinski definition) is 2. The standard InChI is InChI=1S/C10H13ClN2O.ClH/c1-7-3-4-8(11)5-9(7)13-10(14)6-12-2;/h3-5,12H,6H2,1-2H3,(H,13,14);1H. The van der Waals surface area contributed by atoms with Gasteiger partial charge in [0.1, 0.15) is 0 Å². The molecule has 0 aromatic heterocycles. The number of carbonyl (C=O) groups is 1. The summed E-state index contributed by atoms with van der Waals surface area (Å²) in [5.41, 5.74) is 1.76. The monoisotopic (exact) mass is 248 g/mol. The largest absolute Gasteiger partial charge is 0.325 e. The molecule has 0 atom stereocenters. The highest BCUT2D eigenvalue weighted by Crippen LogP contribution is 2.19. The van der Waals surface area contributed by atoms with E-state index in [9.17, 15) is 4.79 Å². The molecular weight excluding hydrogens is 235 g/mol. The number of hydrogen-bond acceptors (Lipinski definition) is 2. The predicted molar refractivity (Wildman–Crippen MR) is 66.0 cm³/mol. The van der Waals surface area contributed by atoms with Crippen molar-refractivity contribution in [1.29, 1.82) is 0 Å². The van der Waals surface area contributed by atoms with E-state index in [0.717, 1.165) is 11.3 Å². The van der Waals surface area contributed by atoms with Gasteiger partial charge in [0.2, 0.25) is 5.91 Å². The third kappa shape index (κ3) is 4.51. The first kappa shape index (κ1) is 14.2. The van der Waals surface area contributed by atoms with Crippen LogP contribution in [-0.4, -0.2) is 19.5 Å². The summed E-state index contributed by atoms with van der Waals surface area (Å²) in [5, 5.41) is 6.16. The van der Waals surface area contributed by atoms with E-state index in [-0.39, 0.29) is 18.3 Å². The zero-order valence-corrected chi connectivity index (χ0v) is 10.2. The summed E-state index contributed by atoms with van der Waals surface area (Å²) < 4.78 is 0. The number of amides is 1. The van der Waals surface area contributed by atoms with E-state index in [2.05, 4.69) is 10.6 Å². The van der Waals surface area contributed by atoms with Crippen LogP contribution in [-0.2, 0) is 4.79 Å². The Balaban J connectivity index is 0.00000196. The van der Waals surface area contributed by atoms with Crippen molar-refractivity contribution in [2.75, 3.05) is 18.9 Å². The topological polar surface area (TPSA) is 41.1 Å². The number of halogens is 2. The predicted octanol–water partition coefficient (Wildman–Crippen LogP) is 2.23. The van der Waals surface area contributed by atoms with Crippen LogP contribution in [0.3, 0.4) is 0 Å². The van der Waals surface area contributed by atoms with Gasteiger partial charge in [-0.1, -0.05) is 17.7 Å². The Hall–Kier alpha value is -0.770. The first-order valence-electron chi connectivity index (χ1n) is 4.34. The Morgan fingerprint density at radius 3 is 2.73 bits per heavy atom. The molecule has 0 aliphatic heterocycles. The number of rotatable bonds is 3. The molecule has 0 aliphatic carbocycles. The number of benzene rings is 1. The fourth-order valence-electron chi connectivity index (χ4n) is 1.08.